The molecule has 124 valence electrons. The Kier molecular flexibility index (Phi) is 4.39. The summed E-state index contributed by atoms with van der Waals surface area (Å²) in [6, 6.07) is 6.47. The summed E-state index contributed by atoms with van der Waals surface area (Å²) in [5, 5.41) is 8.64. The maximum Gasteiger partial charge on any atom is 0.172 e. The molecule has 0 spiro atoms. The summed E-state index contributed by atoms with van der Waals surface area (Å²) in [5.74, 6) is 1.31. The number of hydrogen-bond acceptors (Lipinski definition) is 4. The third-order valence-corrected chi connectivity index (χ3v) is 4.78. The zero-order chi connectivity index (χ0) is 16.6. The largest absolute Gasteiger partial charge is 0.351 e. The van der Waals surface area contributed by atoms with Gasteiger partial charge in [-0.25, -0.2) is 4.98 Å². The fraction of sp³-hybridized carbons (Fsp3) is 0.556. The number of nitrogens with zero attached hydrogens (tertiary/aromatic N) is 4. The Hall–Kier alpha value is -1.88. The Balaban J connectivity index is 2.12. The van der Waals surface area contributed by atoms with Crippen LogP contribution in [-0.2, 0) is 6.54 Å². The zero-order valence-electron chi connectivity index (χ0n) is 14.6. The van der Waals surface area contributed by atoms with Crippen LogP contribution in [0.2, 0.25) is 0 Å². The highest BCUT2D eigenvalue weighted by Crippen LogP contribution is 2.21. The molecule has 1 fully saturated rings. The van der Waals surface area contributed by atoms with Crippen molar-refractivity contribution < 1.29 is 0 Å². The van der Waals surface area contributed by atoms with E-state index >= 15 is 0 Å². The monoisotopic (exact) mass is 313 g/mol. The molecule has 0 bridgehead atoms. The summed E-state index contributed by atoms with van der Waals surface area (Å²) in [5.41, 5.74) is 3.89. The first kappa shape index (κ1) is 16.0. The van der Waals surface area contributed by atoms with E-state index in [0.717, 1.165) is 49.6 Å². The summed E-state index contributed by atoms with van der Waals surface area (Å²) in [6.45, 7) is 11.2. The van der Waals surface area contributed by atoms with E-state index in [1.165, 1.54) is 5.56 Å². The quantitative estimate of drug-likeness (QED) is 0.946. The van der Waals surface area contributed by atoms with Gasteiger partial charge in [-0.05, 0) is 37.6 Å². The van der Waals surface area contributed by atoms with Gasteiger partial charge in [-0.15, -0.1) is 0 Å². The highest BCUT2D eigenvalue weighted by Gasteiger charge is 2.19. The van der Waals surface area contributed by atoms with Crippen molar-refractivity contribution in [3.05, 3.63) is 29.3 Å². The Morgan fingerprint density at radius 2 is 1.87 bits per heavy atom. The van der Waals surface area contributed by atoms with Gasteiger partial charge < -0.3 is 14.4 Å². The number of nitrogens with one attached hydrogen (secondary N) is 1. The van der Waals surface area contributed by atoms with Gasteiger partial charge in [-0.3, -0.25) is 5.41 Å². The lowest BCUT2D eigenvalue weighted by molar-refractivity contribution is 0.311. The minimum absolute atomic E-state index is 0.483. The van der Waals surface area contributed by atoms with Crippen LogP contribution in [-0.4, -0.2) is 47.7 Å². The number of piperazine rings is 1. The Labute approximate surface area is 138 Å². The van der Waals surface area contributed by atoms with Crippen LogP contribution in [0.25, 0.3) is 11.0 Å². The molecule has 1 N–H and O–H groups in total. The van der Waals surface area contributed by atoms with Crippen molar-refractivity contribution in [1.82, 2.24) is 14.5 Å². The van der Waals surface area contributed by atoms with Crippen LogP contribution in [0.15, 0.2) is 18.2 Å². The number of hydrogen-bond donors (Lipinski definition) is 1. The summed E-state index contributed by atoms with van der Waals surface area (Å²) in [6.07, 6.45) is 0. The third-order valence-electron chi connectivity index (χ3n) is 4.78. The molecule has 1 saturated heterocycles. The maximum absolute atomic E-state index is 8.64. The molecule has 1 aromatic heterocycles. The van der Waals surface area contributed by atoms with Crippen molar-refractivity contribution >= 4 is 16.9 Å². The van der Waals surface area contributed by atoms with Crippen LogP contribution < -0.4 is 10.4 Å². The smallest absolute Gasteiger partial charge is 0.172 e. The molecule has 5 nitrogen and oxygen atoms in total. The van der Waals surface area contributed by atoms with E-state index in [4.69, 9.17) is 10.4 Å². The van der Waals surface area contributed by atoms with Gasteiger partial charge in [0.1, 0.15) is 0 Å². The minimum Gasteiger partial charge on any atom is -0.351 e. The standard InChI is InChI=1S/C18H27N5/c1-5-23-16-12-14(13(2)3)6-7-15(16)20-18(17(23)19)22-10-8-21(4)9-11-22/h6-7,12-13,19H,5,8-11H2,1-4H3. The minimum atomic E-state index is 0.483. The van der Waals surface area contributed by atoms with Crippen molar-refractivity contribution in [1.29, 1.82) is 5.41 Å². The molecular formula is C18H27N5. The number of rotatable bonds is 3. The molecule has 1 aliphatic rings. The lowest BCUT2D eigenvalue weighted by atomic mass is 10.0. The Bertz CT molecular complexity index is 754. The van der Waals surface area contributed by atoms with Gasteiger partial charge in [0.15, 0.2) is 11.3 Å². The number of likely N-dealkylation sites (N-methyl/N-ethyl adjacent to an activating group) is 1. The van der Waals surface area contributed by atoms with Gasteiger partial charge in [0.25, 0.3) is 0 Å². The molecule has 1 aromatic carbocycles. The Morgan fingerprint density at radius 1 is 1.17 bits per heavy atom. The van der Waals surface area contributed by atoms with E-state index in [9.17, 15) is 0 Å². The summed E-state index contributed by atoms with van der Waals surface area (Å²) in [4.78, 5) is 9.41. The van der Waals surface area contributed by atoms with Crippen LogP contribution >= 0.6 is 0 Å². The molecule has 0 saturated carbocycles. The van der Waals surface area contributed by atoms with Crippen LogP contribution in [0.4, 0.5) is 5.82 Å². The lowest BCUT2D eigenvalue weighted by Gasteiger charge is -2.33. The van der Waals surface area contributed by atoms with Crippen LogP contribution in [0.3, 0.4) is 0 Å². The van der Waals surface area contributed by atoms with Crippen molar-refractivity contribution in [2.24, 2.45) is 0 Å². The molecular weight excluding hydrogens is 286 g/mol. The molecule has 1 aliphatic heterocycles. The normalized spacial score (nSPS) is 16.5. The number of benzene rings is 1. The average molecular weight is 313 g/mol. The van der Waals surface area contributed by atoms with Crippen LogP contribution in [0.5, 0.6) is 0 Å². The number of aromatic nitrogens is 2. The van der Waals surface area contributed by atoms with E-state index in [2.05, 4.69) is 60.4 Å². The topological polar surface area (TPSA) is 48.2 Å². The first-order chi connectivity index (χ1) is 11.0. The van der Waals surface area contributed by atoms with Crippen molar-refractivity contribution in [2.75, 3.05) is 38.1 Å². The number of anilines is 1. The van der Waals surface area contributed by atoms with E-state index in [-0.39, 0.29) is 0 Å². The summed E-state index contributed by atoms with van der Waals surface area (Å²) in [7, 11) is 2.15. The predicted octanol–water partition coefficient (Wildman–Crippen LogP) is 2.41. The molecule has 5 heteroatoms. The molecule has 2 aromatic rings. The second kappa shape index (κ2) is 6.32. The first-order valence-electron chi connectivity index (χ1n) is 8.53. The fourth-order valence-electron chi connectivity index (χ4n) is 3.19. The first-order valence-corrected chi connectivity index (χ1v) is 8.53. The van der Waals surface area contributed by atoms with Crippen LogP contribution in [0.1, 0.15) is 32.3 Å². The van der Waals surface area contributed by atoms with Gasteiger partial charge in [0.2, 0.25) is 0 Å². The SMILES string of the molecule is CCn1c(=N)c(N2CCN(C)CC2)nc2ccc(C(C)C)cc21. The number of aryl methyl sites for hydroxylation is 1. The highest BCUT2D eigenvalue weighted by molar-refractivity contribution is 5.77. The van der Waals surface area contributed by atoms with Crippen molar-refractivity contribution in [2.45, 2.75) is 33.2 Å². The zero-order valence-corrected chi connectivity index (χ0v) is 14.6. The molecule has 0 amide bonds. The van der Waals surface area contributed by atoms with Gasteiger partial charge in [0, 0.05) is 32.7 Å². The van der Waals surface area contributed by atoms with E-state index in [1.54, 1.807) is 0 Å². The second-order valence-electron chi connectivity index (χ2n) is 6.72. The Morgan fingerprint density at radius 3 is 2.48 bits per heavy atom. The summed E-state index contributed by atoms with van der Waals surface area (Å²) < 4.78 is 2.09. The van der Waals surface area contributed by atoms with Crippen molar-refractivity contribution in [3.63, 3.8) is 0 Å². The molecule has 0 aliphatic carbocycles. The van der Waals surface area contributed by atoms with Gasteiger partial charge in [0.05, 0.1) is 11.0 Å². The molecule has 0 unspecified atom stereocenters. The van der Waals surface area contributed by atoms with Crippen molar-refractivity contribution in [3.8, 4) is 0 Å². The average Bonchev–Trinajstić information content (AvgIpc) is 2.54. The fourth-order valence-corrected chi connectivity index (χ4v) is 3.19. The molecule has 23 heavy (non-hydrogen) atoms. The third kappa shape index (κ3) is 2.98. The van der Waals surface area contributed by atoms with Gasteiger partial charge in [-0.1, -0.05) is 19.9 Å². The maximum atomic E-state index is 8.64. The molecule has 2 heterocycles. The molecule has 3 rings (SSSR count). The second-order valence-corrected chi connectivity index (χ2v) is 6.72. The van der Waals surface area contributed by atoms with Crippen LogP contribution in [0, 0.1) is 5.41 Å². The highest BCUT2D eigenvalue weighted by atomic mass is 15.3. The summed E-state index contributed by atoms with van der Waals surface area (Å²) >= 11 is 0. The van der Waals surface area contributed by atoms with E-state index < -0.39 is 0 Å². The van der Waals surface area contributed by atoms with E-state index in [0.29, 0.717) is 11.4 Å². The van der Waals surface area contributed by atoms with E-state index in [1.807, 2.05) is 0 Å². The molecule has 0 radical (unpaired) electrons. The lowest BCUT2D eigenvalue weighted by Crippen LogP contribution is -2.47. The van der Waals surface area contributed by atoms with Gasteiger partial charge in [-0.2, -0.15) is 0 Å². The number of fused-ring (bicyclic) bond motifs is 1. The van der Waals surface area contributed by atoms with Gasteiger partial charge >= 0.3 is 0 Å². The predicted molar refractivity (Wildman–Crippen MR) is 95.1 cm³/mol. The molecule has 0 atom stereocenters.